The molecule has 0 radical (unpaired) electrons. The maximum Gasteiger partial charge on any atom is 0.542 e. The van der Waals surface area contributed by atoms with Gasteiger partial charge < -0.3 is 9.52 Å². The molecular weight excluding hydrogens is 222 g/mol. The predicted molar refractivity (Wildman–Crippen MR) is 60.0 cm³/mol. The molecule has 5 nitrogen and oxygen atoms in total. The Morgan fingerprint density at radius 1 is 1.24 bits per heavy atom. The number of aromatic hydroxyl groups is 1. The van der Waals surface area contributed by atoms with Gasteiger partial charge in [-0.15, -0.1) is 0 Å². The van der Waals surface area contributed by atoms with E-state index in [0.717, 1.165) is 16.7 Å². The molecule has 0 amide bonds. The van der Waals surface area contributed by atoms with Crippen LogP contribution in [-0.4, -0.2) is 10.3 Å². The summed E-state index contributed by atoms with van der Waals surface area (Å²) in [5.74, 6) is -0.168. The van der Waals surface area contributed by atoms with Crippen LogP contribution < -0.4 is 5.82 Å². The van der Waals surface area contributed by atoms with Crippen molar-refractivity contribution in [3.63, 3.8) is 0 Å². The fourth-order valence-electron chi connectivity index (χ4n) is 1.76. The van der Waals surface area contributed by atoms with E-state index in [-0.39, 0.29) is 0 Å². The Balaban J connectivity index is 2.12. The van der Waals surface area contributed by atoms with Crippen LogP contribution in [0.1, 0.15) is 22.6 Å². The second-order valence-corrected chi connectivity index (χ2v) is 4.01. The van der Waals surface area contributed by atoms with Crippen LogP contribution in [0.5, 0.6) is 5.75 Å². The highest BCUT2D eigenvalue weighted by atomic mass is 16.6. The molecule has 0 atom stereocenters. The lowest BCUT2D eigenvalue weighted by molar-refractivity contribution is 0.334. The van der Waals surface area contributed by atoms with Crippen molar-refractivity contribution < 1.29 is 14.0 Å². The molecule has 1 aromatic carbocycles. The van der Waals surface area contributed by atoms with Crippen LogP contribution in [0.4, 0.5) is 0 Å². The lowest BCUT2D eigenvalue weighted by atomic mass is 10.0. The Hall–Kier alpha value is -2.04. The zero-order chi connectivity index (χ0) is 12.4. The maximum atomic E-state index is 10.6. The van der Waals surface area contributed by atoms with Crippen LogP contribution in [-0.2, 0) is 12.8 Å². The monoisotopic (exact) mass is 235 g/mol. The molecule has 90 valence electrons. The summed E-state index contributed by atoms with van der Waals surface area (Å²) in [5.41, 5.74) is 2.73. The molecule has 0 bridgehead atoms. The number of rotatable bonds is 3. The minimum Gasteiger partial charge on any atom is -0.507 e. The number of benzene rings is 1. The van der Waals surface area contributed by atoms with Gasteiger partial charge in [-0.05, 0) is 42.1 Å². The van der Waals surface area contributed by atoms with Gasteiger partial charge >= 0.3 is 5.82 Å². The van der Waals surface area contributed by atoms with E-state index in [1.165, 1.54) is 0 Å². The summed E-state index contributed by atoms with van der Waals surface area (Å²) in [7, 11) is 0. The molecule has 0 aliphatic heterocycles. The Kier molecular flexibility index (Phi) is 2.99. The number of aryl methyl sites for hydroxylation is 4. The van der Waals surface area contributed by atoms with Gasteiger partial charge in [0.2, 0.25) is 5.89 Å². The fourth-order valence-corrected chi connectivity index (χ4v) is 1.76. The number of aromatic nitrogens is 1. The van der Waals surface area contributed by atoms with Gasteiger partial charge in [-0.1, -0.05) is 12.1 Å². The number of hydrogen-bond acceptors (Lipinski definition) is 5. The lowest BCUT2D eigenvalue weighted by Gasteiger charge is -2.06. The van der Waals surface area contributed by atoms with E-state index in [0.29, 0.717) is 24.5 Å². The van der Waals surface area contributed by atoms with E-state index >= 15 is 0 Å². The van der Waals surface area contributed by atoms with Crippen molar-refractivity contribution in [3.8, 4) is 5.75 Å². The quantitative estimate of drug-likeness (QED) is 0.876. The second kappa shape index (κ2) is 4.45. The third kappa shape index (κ3) is 2.55. The van der Waals surface area contributed by atoms with Crippen LogP contribution in [0.15, 0.2) is 25.9 Å². The largest absolute Gasteiger partial charge is 0.542 e. The Morgan fingerprint density at radius 3 is 2.41 bits per heavy atom. The molecule has 0 saturated carbocycles. The molecule has 1 heterocycles. The van der Waals surface area contributed by atoms with Crippen LogP contribution in [0.3, 0.4) is 0 Å². The van der Waals surface area contributed by atoms with Crippen LogP contribution in [0.25, 0.3) is 0 Å². The molecular formula is C12H13NO4. The smallest absolute Gasteiger partial charge is 0.507 e. The average molecular weight is 235 g/mol. The second-order valence-electron chi connectivity index (χ2n) is 4.01. The van der Waals surface area contributed by atoms with E-state index in [4.69, 9.17) is 4.42 Å². The van der Waals surface area contributed by atoms with Gasteiger partial charge in [-0.3, -0.25) is 4.52 Å². The Labute approximate surface area is 97.7 Å². The number of nitrogens with zero attached hydrogens (tertiary/aromatic N) is 1. The minimum absolute atomic E-state index is 0.290. The average Bonchev–Trinajstić information content (AvgIpc) is 2.69. The van der Waals surface area contributed by atoms with Crippen molar-refractivity contribution in [2.45, 2.75) is 26.7 Å². The number of hydrogen-bond donors (Lipinski definition) is 1. The molecule has 0 aliphatic rings. The Morgan fingerprint density at radius 2 is 1.88 bits per heavy atom. The van der Waals surface area contributed by atoms with Gasteiger partial charge in [0.05, 0.1) is 0 Å². The van der Waals surface area contributed by atoms with Crippen LogP contribution in [0, 0.1) is 13.8 Å². The topological polar surface area (TPSA) is 76.5 Å². The molecule has 1 N–H and O–H groups in total. The van der Waals surface area contributed by atoms with Crippen molar-refractivity contribution >= 4 is 0 Å². The van der Waals surface area contributed by atoms with Crippen LogP contribution in [0.2, 0.25) is 0 Å². The van der Waals surface area contributed by atoms with Crippen molar-refractivity contribution in [2.24, 2.45) is 0 Å². The zero-order valence-corrected chi connectivity index (χ0v) is 9.69. The highest BCUT2D eigenvalue weighted by Gasteiger charge is 2.07. The first kappa shape index (κ1) is 11.4. The molecule has 0 fully saturated rings. The summed E-state index contributed by atoms with van der Waals surface area (Å²) in [6, 6.07) is 3.81. The van der Waals surface area contributed by atoms with E-state index in [1.807, 2.05) is 26.0 Å². The highest BCUT2D eigenvalue weighted by molar-refractivity contribution is 5.42. The van der Waals surface area contributed by atoms with E-state index in [2.05, 4.69) is 9.68 Å². The Bertz CT molecular complexity index is 559. The summed E-state index contributed by atoms with van der Waals surface area (Å²) in [5, 5.41) is 13.1. The third-order valence-corrected chi connectivity index (χ3v) is 2.60. The summed E-state index contributed by atoms with van der Waals surface area (Å²) in [6.07, 6.45) is 1.17. The summed E-state index contributed by atoms with van der Waals surface area (Å²) >= 11 is 0. The van der Waals surface area contributed by atoms with E-state index in [1.54, 1.807) is 0 Å². The van der Waals surface area contributed by atoms with E-state index < -0.39 is 5.82 Å². The molecule has 0 spiro atoms. The molecule has 17 heavy (non-hydrogen) atoms. The highest BCUT2D eigenvalue weighted by Crippen LogP contribution is 2.23. The SMILES string of the molecule is Cc1cc(CCc2noc(=O)o2)cc(C)c1O. The first-order valence-electron chi connectivity index (χ1n) is 5.31. The van der Waals surface area contributed by atoms with Gasteiger partial charge in [-0.25, -0.2) is 4.79 Å². The molecule has 1 aromatic heterocycles. The molecule has 0 unspecified atom stereocenters. The first-order valence-corrected chi connectivity index (χ1v) is 5.31. The van der Waals surface area contributed by atoms with Crippen molar-refractivity contribution in [3.05, 3.63) is 45.3 Å². The maximum absolute atomic E-state index is 10.6. The van der Waals surface area contributed by atoms with Gasteiger partial charge in [0.15, 0.2) is 0 Å². The fraction of sp³-hybridized carbons (Fsp3) is 0.333. The summed E-state index contributed by atoms with van der Waals surface area (Å²) in [4.78, 5) is 10.6. The molecule has 0 saturated heterocycles. The van der Waals surface area contributed by atoms with Gasteiger partial charge in [0.1, 0.15) is 5.75 Å². The van der Waals surface area contributed by atoms with Gasteiger partial charge in [-0.2, -0.15) is 0 Å². The van der Waals surface area contributed by atoms with Crippen molar-refractivity contribution in [1.29, 1.82) is 0 Å². The van der Waals surface area contributed by atoms with Crippen molar-refractivity contribution in [1.82, 2.24) is 5.16 Å². The normalized spacial score (nSPS) is 10.7. The molecule has 2 aromatic rings. The van der Waals surface area contributed by atoms with Gasteiger partial charge in [0.25, 0.3) is 0 Å². The first-order chi connectivity index (χ1) is 8.06. The van der Waals surface area contributed by atoms with Gasteiger partial charge in [0, 0.05) is 6.42 Å². The summed E-state index contributed by atoms with van der Waals surface area (Å²) in [6.45, 7) is 3.70. The van der Waals surface area contributed by atoms with E-state index in [9.17, 15) is 9.90 Å². The van der Waals surface area contributed by atoms with Crippen LogP contribution >= 0.6 is 0 Å². The number of phenolic OH excluding ortho intramolecular Hbond substituents is 1. The molecule has 5 heteroatoms. The van der Waals surface area contributed by atoms with Crippen molar-refractivity contribution in [2.75, 3.05) is 0 Å². The lowest BCUT2D eigenvalue weighted by Crippen LogP contribution is -1.94. The molecule has 2 rings (SSSR count). The zero-order valence-electron chi connectivity index (χ0n) is 9.69. The summed E-state index contributed by atoms with van der Waals surface area (Å²) < 4.78 is 9.01. The number of phenols is 1. The standard InChI is InChI=1S/C12H13NO4/c1-7-5-9(6-8(2)11(7)14)3-4-10-13-17-12(15)16-10/h5-6,14H,3-4H2,1-2H3. The minimum atomic E-state index is -0.780. The molecule has 0 aliphatic carbocycles. The predicted octanol–water partition coefficient (Wildman–Crippen LogP) is 1.74. The third-order valence-electron chi connectivity index (χ3n) is 2.60.